The van der Waals surface area contributed by atoms with Crippen LogP contribution in [0.5, 0.6) is 0 Å². The van der Waals surface area contributed by atoms with E-state index in [-0.39, 0.29) is 11.8 Å². The minimum atomic E-state index is -0.0490. The van der Waals surface area contributed by atoms with Gasteiger partial charge in [0.15, 0.2) is 0 Å². The molecule has 1 saturated heterocycles. The molecule has 2 amide bonds. The Morgan fingerprint density at radius 3 is 2.70 bits per heavy atom. The van der Waals surface area contributed by atoms with Gasteiger partial charge in [0.1, 0.15) is 0 Å². The number of thiophene rings is 1. The maximum absolute atomic E-state index is 12.0. The van der Waals surface area contributed by atoms with E-state index in [9.17, 15) is 9.59 Å². The summed E-state index contributed by atoms with van der Waals surface area (Å²) in [4.78, 5) is 28.5. The first-order valence-electron chi connectivity index (χ1n) is 6.95. The molecule has 1 aliphatic heterocycles. The van der Waals surface area contributed by atoms with Crippen LogP contribution in [0.3, 0.4) is 0 Å². The van der Waals surface area contributed by atoms with E-state index in [0.29, 0.717) is 19.4 Å². The van der Waals surface area contributed by atoms with Gasteiger partial charge >= 0.3 is 0 Å². The van der Waals surface area contributed by atoms with Gasteiger partial charge in [-0.15, -0.1) is 11.3 Å². The van der Waals surface area contributed by atoms with Crippen LogP contribution >= 0.6 is 11.3 Å². The molecule has 1 aliphatic rings. The lowest BCUT2D eigenvalue weighted by Crippen LogP contribution is -2.47. The summed E-state index contributed by atoms with van der Waals surface area (Å²) < 4.78 is 0. The number of carbonyl (C=O) groups is 2. The fraction of sp³-hybridized carbons (Fsp3) is 0.571. The number of amides is 2. The van der Waals surface area contributed by atoms with E-state index in [1.54, 1.807) is 6.07 Å². The van der Waals surface area contributed by atoms with Crippen LogP contribution in [0.15, 0.2) is 17.5 Å². The molecule has 110 valence electrons. The highest BCUT2D eigenvalue weighted by Crippen LogP contribution is 2.08. The van der Waals surface area contributed by atoms with E-state index in [1.807, 2.05) is 16.3 Å². The Bertz CT molecular complexity index is 439. The van der Waals surface area contributed by atoms with Crippen molar-refractivity contribution in [1.82, 2.24) is 15.1 Å². The van der Waals surface area contributed by atoms with E-state index in [2.05, 4.69) is 17.3 Å². The number of piperazine rings is 1. The molecule has 1 N–H and O–H groups in total. The first kappa shape index (κ1) is 15.0. The molecule has 0 spiro atoms. The van der Waals surface area contributed by atoms with Gasteiger partial charge in [0.25, 0.3) is 5.91 Å². The predicted octanol–water partition coefficient (Wildman–Crippen LogP) is 1.03. The molecule has 6 heteroatoms. The van der Waals surface area contributed by atoms with Gasteiger partial charge < -0.3 is 15.1 Å². The van der Waals surface area contributed by atoms with Crippen LogP contribution < -0.4 is 5.32 Å². The highest BCUT2D eigenvalue weighted by atomic mass is 32.1. The van der Waals surface area contributed by atoms with E-state index < -0.39 is 0 Å². The monoisotopic (exact) mass is 295 g/mol. The molecule has 1 aromatic rings. The number of hydrogen-bond acceptors (Lipinski definition) is 4. The van der Waals surface area contributed by atoms with Gasteiger partial charge in [-0.05, 0) is 24.9 Å². The van der Waals surface area contributed by atoms with Crippen molar-refractivity contribution in [2.24, 2.45) is 0 Å². The molecule has 0 aliphatic carbocycles. The summed E-state index contributed by atoms with van der Waals surface area (Å²) in [5, 5.41) is 4.72. The summed E-state index contributed by atoms with van der Waals surface area (Å²) in [5.74, 6) is 0.149. The number of carbonyl (C=O) groups excluding carboxylic acids is 2. The Morgan fingerprint density at radius 2 is 2.05 bits per heavy atom. The molecule has 0 atom stereocenters. The Kier molecular flexibility index (Phi) is 5.55. The van der Waals surface area contributed by atoms with Gasteiger partial charge in [-0.1, -0.05) is 6.07 Å². The average Bonchev–Trinajstić information content (AvgIpc) is 2.98. The molecule has 2 rings (SSSR count). The van der Waals surface area contributed by atoms with Crippen molar-refractivity contribution in [3.05, 3.63) is 22.4 Å². The predicted molar refractivity (Wildman–Crippen MR) is 80.0 cm³/mol. The minimum Gasteiger partial charge on any atom is -0.351 e. The maximum atomic E-state index is 12.0. The molecule has 0 unspecified atom stereocenters. The summed E-state index contributed by atoms with van der Waals surface area (Å²) in [5.41, 5.74) is 0. The van der Waals surface area contributed by atoms with E-state index in [0.717, 1.165) is 31.1 Å². The SMILES string of the molecule is CN1CCN(C(=O)CCCNC(=O)c2cccs2)CC1. The summed E-state index contributed by atoms with van der Waals surface area (Å²) in [6, 6.07) is 3.66. The summed E-state index contributed by atoms with van der Waals surface area (Å²) in [6.07, 6.45) is 1.21. The molecule has 1 fully saturated rings. The second-order valence-electron chi connectivity index (χ2n) is 5.02. The van der Waals surface area contributed by atoms with Crippen molar-refractivity contribution in [1.29, 1.82) is 0 Å². The van der Waals surface area contributed by atoms with Crippen molar-refractivity contribution in [2.75, 3.05) is 39.8 Å². The van der Waals surface area contributed by atoms with Gasteiger partial charge in [0.2, 0.25) is 5.91 Å². The third kappa shape index (κ3) is 4.31. The summed E-state index contributed by atoms with van der Waals surface area (Å²) in [6.45, 7) is 4.08. The highest BCUT2D eigenvalue weighted by molar-refractivity contribution is 7.12. The van der Waals surface area contributed by atoms with Crippen LogP contribution in [0.1, 0.15) is 22.5 Å². The highest BCUT2D eigenvalue weighted by Gasteiger charge is 2.18. The first-order valence-corrected chi connectivity index (χ1v) is 7.83. The third-order valence-electron chi connectivity index (χ3n) is 3.45. The molecule has 5 nitrogen and oxygen atoms in total. The van der Waals surface area contributed by atoms with E-state index >= 15 is 0 Å². The fourth-order valence-electron chi connectivity index (χ4n) is 2.15. The maximum Gasteiger partial charge on any atom is 0.261 e. The van der Waals surface area contributed by atoms with Crippen molar-refractivity contribution in [3.8, 4) is 0 Å². The Hall–Kier alpha value is -1.40. The first-order chi connectivity index (χ1) is 9.66. The zero-order chi connectivity index (χ0) is 14.4. The number of nitrogens with one attached hydrogen (secondary N) is 1. The molecule has 20 heavy (non-hydrogen) atoms. The second kappa shape index (κ2) is 7.40. The number of hydrogen-bond donors (Lipinski definition) is 1. The van der Waals surface area contributed by atoms with Gasteiger partial charge in [0.05, 0.1) is 4.88 Å². The van der Waals surface area contributed by atoms with Gasteiger partial charge in [-0.25, -0.2) is 0 Å². The quantitative estimate of drug-likeness (QED) is 0.826. The van der Waals surface area contributed by atoms with Crippen LogP contribution in [0.2, 0.25) is 0 Å². The standard InChI is InChI=1S/C14H21N3O2S/c1-16-7-9-17(10-8-16)13(18)5-2-6-15-14(19)12-4-3-11-20-12/h3-4,11H,2,5-10H2,1H3,(H,15,19). The largest absolute Gasteiger partial charge is 0.351 e. The van der Waals surface area contributed by atoms with Crippen LogP contribution in [0.25, 0.3) is 0 Å². The number of likely N-dealkylation sites (N-methyl/N-ethyl adjacent to an activating group) is 1. The lowest BCUT2D eigenvalue weighted by atomic mass is 10.2. The summed E-state index contributed by atoms with van der Waals surface area (Å²) in [7, 11) is 2.07. The van der Waals surface area contributed by atoms with Gasteiger partial charge in [-0.2, -0.15) is 0 Å². The zero-order valence-electron chi connectivity index (χ0n) is 11.8. The lowest BCUT2D eigenvalue weighted by molar-refractivity contribution is -0.132. The summed E-state index contributed by atoms with van der Waals surface area (Å²) >= 11 is 1.43. The Morgan fingerprint density at radius 1 is 1.30 bits per heavy atom. The smallest absolute Gasteiger partial charge is 0.261 e. The van der Waals surface area contributed by atoms with Crippen LogP contribution in [-0.4, -0.2) is 61.4 Å². The lowest BCUT2D eigenvalue weighted by Gasteiger charge is -2.32. The van der Waals surface area contributed by atoms with Crippen LogP contribution in [0.4, 0.5) is 0 Å². The van der Waals surface area contributed by atoms with Crippen molar-refractivity contribution in [2.45, 2.75) is 12.8 Å². The number of rotatable bonds is 5. The van der Waals surface area contributed by atoms with Gasteiger partial charge in [0, 0.05) is 39.1 Å². The second-order valence-corrected chi connectivity index (χ2v) is 5.97. The molecular formula is C14H21N3O2S. The molecule has 0 radical (unpaired) electrons. The fourth-order valence-corrected chi connectivity index (χ4v) is 2.79. The Labute approximate surface area is 123 Å². The topological polar surface area (TPSA) is 52.6 Å². The minimum absolute atomic E-state index is 0.0490. The molecule has 1 aromatic heterocycles. The van der Waals surface area contributed by atoms with Crippen LogP contribution in [0, 0.1) is 0 Å². The Balaban J connectivity index is 1.61. The van der Waals surface area contributed by atoms with Crippen molar-refractivity contribution in [3.63, 3.8) is 0 Å². The van der Waals surface area contributed by atoms with Gasteiger partial charge in [-0.3, -0.25) is 9.59 Å². The zero-order valence-corrected chi connectivity index (χ0v) is 12.6. The van der Waals surface area contributed by atoms with Crippen LogP contribution in [-0.2, 0) is 4.79 Å². The molecule has 0 aromatic carbocycles. The van der Waals surface area contributed by atoms with E-state index in [1.165, 1.54) is 11.3 Å². The molecular weight excluding hydrogens is 274 g/mol. The normalized spacial score (nSPS) is 16.1. The van der Waals surface area contributed by atoms with E-state index in [4.69, 9.17) is 0 Å². The third-order valence-corrected chi connectivity index (χ3v) is 4.32. The molecule has 0 bridgehead atoms. The number of nitrogens with zero attached hydrogens (tertiary/aromatic N) is 2. The molecule has 2 heterocycles. The van der Waals surface area contributed by atoms with Crippen molar-refractivity contribution >= 4 is 23.2 Å². The average molecular weight is 295 g/mol. The molecule has 0 saturated carbocycles. The van der Waals surface area contributed by atoms with Crippen molar-refractivity contribution < 1.29 is 9.59 Å².